The van der Waals surface area contributed by atoms with Crippen LogP contribution in [-0.2, 0) is 4.79 Å². The fourth-order valence-corrected chi connectivity index (χ4v) is 3.67. The van der Waals surface area contributed by atoms with E-state index in [2.05, 4.69) is 0 Å². The Balaban J connectivity index is 1.68. The molecule has 2 amide bonds. The fourth-order valence-electron chi connectivity index (χ4n) is 2.46. The van der Waals surface area contributed by atoms with Gasteiger partial charge in [0.25, 0.3) is 11.1 Å². The van der Waals surface area contributed by atoms with Crippen molar-refractivity contribution in [1.29, 1.82) is 0 Å². The zero-order chi connectivity index (χ0) is 20.3. The van der Waals surface area contributed by atoms with Crippen molar-refractivity contribution in [3.8, 4) is 17.2 Å². The van der Waals surface area contributed by atoms with Crippen LogP contribution in [0.3, 0.4) is 0 Å². The number of aromatic hydroxyl groups is 1. The molecule has 1 heterocycles. The van der Waals surface area contributed by atoms with Gasteiger partial charge in [-0.2, -0.15) is 0 Å². The first-order valence-electron chi connectivity index (χ1n) is 8.09. The van der Waals surface area contributed by atoms with Crippen LogP contribution in [0.1, 0.15) is 5.56 Å². The molecule has 0 aromatic heterocycles. The third-order valence-corrected chi connectivity index (χ3v) is 5.29. The Bertz CT molecular complexity index is 946. The maximum Gasteiger partial charge on any atom is 0.293 e. The molecular weight excluding hydrogens is 425 g/mol. The number of benzene rings is 2. The minimum absolute atomic E-state index is 0.0844. The highest BCUT2D eigenvalue weighted by Crippen LogP contribution is 2.37. The molecule has 0 saturated carbocycles. The van der Waals surface area contributed by atoms with Gasteiger partial charge in [0.2, 0.25) is 0 Å². The number of rotatable bonds is 6. The summed E-state index contributed by atoms with van der Waals surface area (Å²) in [5, 5.41) is 10.1. The van der Waals surface area contributed by atoms with Gasteiger partial charge < -0.3 is 14.6 Å². The zero-order valence-electron chi connectivity index (χ0n) is 14.6. The van der Waals surface area contributed by atoms with E-state index in [0.29, 0.717) is 16.3 Å². The molecule has 0 bridgehead atoms. The van der Waals surface area contributed by atoms with Gasteiger partial charge in [-0.05, 0) is 59.8 Å². The predicted molar refractivity (Wildman–Crippen MR) is 109 cm³/mol. The van der Waals surface area contributed by atoms with Crippen LogP contribution in [0.5, 0.6) is 17.2 Å². The number of nitrogens with zero attached hydrogens (tertiary/aromatic N) is 1. The predicted octanol–water partition coefficient (Wildman–Crippen LogP) is 4.82. The summed E-state index contributed by atoms with van der Waals surface area (Å²) in [7, 11) is 1.39. The Morgan fingerprint density at radius 3 is 2.57 bits per heavy atom. The fraction of sp³-hybridized carbons (Fsp3) is 0.158. The van der Waals surface area contributed by atoms with Gasteiger partial charge in [0, 0.05) is 5.02 Å². The van der Waals surface area contributed by atoms with E-state index in [1.807, 2.05) is 0 Å². The van der Waals surface area contributed by atoms with Gasteiger partial charge in [-0.3, -0.25) is 14.5 Å². The number of ether oxygens (including phenoxy) is 2. The van der Waals surface area contributed by atoms with E-state index >= 15 is 0 Å². The second-order valence-corrected chi connectivity index (χ2v) is 7.53. The van der Waals surface area contributed by atoms with Crippen molar-refractivity contribution in [2.45, 2.75) is 0 Å². The summed E-state index contributed by atoms with van der Waals surface area (Å²) in [6.45, 7) is 0.274. The number of halogens is 2. The number of hydrogen-bond donors (Lipinski definition) is 1. The van der Waals surface area contributed by atoms with Crippen molar-refractivity contribution in [2.24, 2.45) is 0 Å². The van der Waals surface area contributed by atoms with Gasteiger partial charge in [0.15, 0.2) is 11.5 Å². The highest BCUT2D eigenvalue weighted by Gasteiger charge is 2.34. The molecule has 6 nitrogen and oxygen atoms in total. The molecule has 146 valence electrons. The van der Waals surface area contributed by atoms with Crippen LogP contribution in [0, 0.1) is 0 Å². The van der Waals surface area contributed by atoms with Crippen molar-refractivity contribution in [3.63, 3.8) is 0 Å². The van der Waals surface area contributed by atoms with E-state index in [-0.39, 0.29) is 39.8 Å². The van der Waals surface area contributed by atoms with Gasteiger partial charge in [-0.25, -0.2) is 0 Å². The summed E-state index contributed by atoms with van der Waals surface area (Å²) in [6.07, 6.45) is 1.53. The summed E-state index contributed by atoms with van der Waals surface area (Å²) in [4.78, 5) is 26.1. The van der Waals surface area contributed by atoms with Crippen molar-refractivity contribution in [1.82, 2.24) is 4.90 Å². The molecule has 0 atom stereocenters. The molecule has 1 aliphatic rings. The smallest absolute Gasteiger partial charge is 0.293 e. The van der Waals surface area contributed by atoms with Crippen molar-refractivity contribution in [2.75, 3.05) is 20.3 Å². The van der Waals surface area contributed by atoms with Crippen LogP contribution < -0.4 is 9.47 Å². The minimum Gasteiger partial charge on any atom is -0.503 e. The molecule has 0 radical (unpaired) electrons. The third kappa shape index (κ3) is 4.55. The van der Waals surface area contributed by atoms with Crippen LogP contribution in [0.4, 0.5) is 4.79 Å². The first kappa shape index (κ1) is 20.4. The topological polar surface area (TPSA) is 76.1 Å². The van der Waals surface area contributed by atoms with Crippen LogP contribution in [0.15, 0.2) is 41.3 Å². The van der Waals surface area contributed by atoms with Gasteiger partial charge in [-0.15, -0.1) is 0 Å². The van der Waals surface area contributed by atoms with E-state index in [0.717, 1.165) is 16.7 Å². The number of imide groups is 1. The van der Waals surface area contributed by atoms with E-state index in [1.165, 1.54) is 25.3 Å². The van der Waals surface area contributed by atoms with Gasteiger partial charge in [-0.1, -0.05) is 23.2 Å². The van der Waals surface area contributed by atoms with E-state index in [4.69, 9.17) is 32.7 Å². The van der Waals surface area contributed by atoms with E-state index in [9.17, 15) is 14.7 Å². The Labute approximate surface area is 175 Å². The van der Waals surface area contributed by atoms with Crippen molar-refractivity contribution in [3.05, 3.63) is 56.9 Å². The first-order chi connectivity index (χ1) is 13.4. The highest BCUT2D eigenvalue weighted by atomic mass is 35.5. The molecule has 1 fully saturated rings. The molecule has 0 aliphatic carbocycles. The second-order valence-electron chi connectivity index (χ2n) is 5.69. The average Bonchev–Trinajstić information content (AvgIpc) is 2.93. The lowest BCUT2D eigenvalue weighted by Crippen LogP contribution is -2.32. The second kappa shape index (κ2) is 8.77. The normalized spacial score (nSPS) is 15.4. The van der Waals surface area contributed by atoms with Crippen LogP contribution >= 0.6 is 35.0 Å². The minimum atomic E-state index is -0.419. The summed E-state index contributed by atoms with van der Waals surface area (Å²) >= 11 is 12.6. The average molecular weight is 440 g/mol. The van der Waals surface area contributed by atoms with Crippen LogP contribution in [-0.4, -0.2) is 41.4 Å². The quantitative estimate of drug-likeness (QED) is 0.649. The maximum absolute atomic E-state index is 12.5. The van der Waals surface area contributed by atoms with Gasteiger partial charge >= 0.3 is 0 Å². The lowest BCUT2D eigenvalue weighted by atomic mass is 10.2. The molecule has 28 heavy (non-hydrogen) atoms. The Morgan fingerprint density at radius 1 is 1.18 bits per heavy atom. The highest BCUT2D eigenvalue weighted by molar-refractivity contribution is 8.18. The van der Waals surface area contributed by atoms with Gasteiger partial charge in [0.05, 0.1) is 23.6 Å². The SMILES string of the molecule is COc1cc(/C=C2\SC(=O)N(CCOc3ccc(Cl)cc3)C2=O)cc(Cl)c1O. The Morgan fingerprint density at radius 2 is 1.89 bits per heavy atom. The lowest BCUT2D eigenvalue weighted by molar-refractivity contribution is -0.123. The van der Waals surface area contributed by atoms with Crippen LogP contribution in [0.2, 0.25) is 10.0 Å². The number of amides is 2. The molecule has 1 N–H and O–H groups in total. The standard InChI is InChI=1S/C19H15Cl2NO5S/c1-26-15-9-11(8-14(21)17(15)23)10-16-18(24)22(19(25)28-16)6-7-27-13-4-2-12(20)3-5-13/h2-5,8-10,23H,6-7H2,1H3/b16-10-. The van der Waals surface area contributed by atoms with Crippen molar-refractivity contribution >= 4 is 52.2 Å². The molecule has 1 aliphatic heterocycles. The summed E-state index contributed by atoms with van der Waals surface area (Å²) < 4.78 is 10.6. The molecule has 9 heteroatoms. The molecule has 2 aromatic rings. The number of methoxy groups -OCH3 is 1. The summed E-state index contributed by atoms with van der Waals surface area (Å²) in [5.74, 6) is 0.165. The molecule has 1 saturated heterocycles. The molecule has 3 rings (SSSR count). The molecule has 0 spiro atoms. The largest absolute Gasteiger partial charge is 0.503 e. The molecular formula is C19H15Cl2NO5S. The Kier molecular flexibility index (Phi) is 6.39. The van der Waals surface area contributed by atoms with E-state index in [1.54, 1.807) is 24.3 Å². The third-order valence-electron chi connectivity index (χ3n) is 3.84. The van der Waals surface area contributed by atoms with Crippen molar-refractivity contribution < 1.29 is 24.2 Å². The maximum atomic E-state index is 12.5. The van der Waals surface area contributed by atoms with Crippen LogP contribution in [0.25, 0.3) is 6.08 Å². The summed E-state index contributed by atoms with van der Waals surface area (Å²) in [5.41, 5.74) is 0.530. The molecule has 0 unspecified atom stereocenters. The first-order valence-corrected chi connectivity index (χ1v) is 9.66. The number of carbonyl (C=O) groups excluding carboxylic acids is 2. The number of thioether (sulfide) groups is 1. The lowest BCUT2D eigenvalue weighted by Gasteiger charge is -2.13. The number of phenols is 1. The molecule has 2 aromatic carbocycles. The number of carbonyl (C=O) groups is 2. The Hall–Kier alpha value is -2.35. The van der Waals surface area contributed by atoms with Gasteiger partial charge in [0.1, 0.15) is 12.4 Å². The summed E-state index contributed by atoms with van der Waals surface area (Å²) in [6, 6.07) is 9.81. The van der Waals surface area contributed by atoms with E-state index < -0.39 is 5.91 Å². The number of phenolic OH excluding ortho intramolecular Hbond substituents is 1. The number of hydrogen-bond acceptors (Lipinski definition) is 6. The monoisotopic (exact) mass is 439 g/mol. The zero-order valence-corrected chi connectivity index (χ0v) is 17.0.